The van der Waals surface area contributed by atoms with Crippen molar-refractivity contribution in [1.82, 2.24) is 0 Å². The van der Waals surface area contributed by atoms with Crippen molar-refractivity contribution in [2.75, 3.05) is 0 Å². The van der Waals surface area contributed by atoms with Gasteiger partial charge in [-0.25, -0.2) is 0 Å². The minimum Gasteiger partial charge on any atom is -0.481 e. The van der Waals surface area contributed by atoms with E-state index in [1.165, 1.54) is 19.3 Å². The van der Waals surface area contributed by atoms with Crippen LogP contribution in [0.1, 0.15) is 77.2 Å². The maximum atomic E-state index is 12.0. The molecule has 0 aromatic heterocycles. The lowest BCUT2D eigenvalue weighted by Crippen LogP contribution is -2.36. The fourth-order valence-corrected chi connectivity index (χ4v) is 3.02. The first-order valence-corrected chi connectivity index (χ1v) is 8.46. The number of carboxylic acids is 1. The van der Waals surface area contributed by atoms with E-state index in [4.69, 9.17) is 0 Å². The molecule has 0 aliphatic carbocycles. The van der Waals surface area contributed by atoms with Crippen LogP contribution < -0.4 is 0 Å². The van der Waals surface area contributed by atoms with Gasteiger partial charge in [0.15, 0.2) is 0 Å². The Hall–Kier alpha value is -1.31. The standard InChI is InChI=1S/C19H30O2/c1-3-5-7-8-12-16-19(18(20)21,15-6-4-2)17-13-10-9-11-14-17/h9-11,13-14H,3-8,12,15-16H2,1-2H3,(H,20,21). The fraction of sp³-hybridized carbons (Fsp3) is 0.632. The molecule has 118 valence electrons. The summed E-state index contributed by atoms with van der Waals surface area (Å²) in [5, 5.41) is 9.91. The van der Waals surface area contributed by atoms with Crippen LogP contribution in [0.15, 0.2) is 30.3 Å². The Balaban J connectivity index is 2.83. The molecule has 2 nitrogen and oxygen atoms in total. The van der Waals surface area contributed by atoms with Gasteiger partial charge in [-0.05, 0) is 18.4 Å². The maximum Gasteiger partial charge on any atom is 0.314 e. The lowest BCUT2D eigenvalue weighted by atomic mass is 9.72. The van der Waals surface area contributed by atoms with E-state index in [2.05, 4.69) is 13.8 Å². The summed E-state index contributed by atoms with van der Waals surface area (Å²) in [6, 6.07) is 9.83. The summed E-state index contributed by atoms with van der Waals surface area (Å²) in [5.74, 6) is -0.655. The van der Waals surface area contributed by atoms with Gasteiger partial charge in [0.1, 0.15) is 0 Å². The van der Waals surface area contributed by atoms with Gasteiger partial charge in [0.25, 0.3) is 0 Å². The van der Waals surface area contributed by atoms with Crippen molar-refractivity contribution in [3.05, 3.63) is 35.9 Å². The van der Waals surface area contributed by atoms with Crippen molar-refractivity contribution in [3.8, 4) is 0 Å². The Morgan fingerprint density at radius 1 is 0.905 bits per heavy atom. The van der Waals surface area contributed by atoms with Gasteiger partial charge in [0, 0.05) is 0 Å². The maximum absolute atomic E-state index is 12.0. The Kier molecular flexibility index (Phi) is 8.11. The highest BCUT2D eigenvalue weighted by atomic mass is 16.4. The second kappa shape index (κ2) is 9.59. The van der Waals surface area contributed by atoms with Crippen molar-refractivity contribution in [3.63, 3.8) is 0 Å². The number of unbranched alkanes of at least 4 members (excludes halogenated alkanes) is 5. The molecule has 0 bridgehead atoms. The number of hydrogen-bond donors (Lipinski definition) is 1. The lowest BCUT2D eigenvalue weighted by molar-refractivity contribution is -0.144. The molecule has 0 fully saturated rings. The fourth-order valence-electron chi connectivity index (χ4n) is 3.02. The van der Waals surface area contributed by atoms with Gasteiger partial charge in [0.2, 0.25) is 0 Å². The summed E-state index contributed by atoms with van der Waals surface area (Å²) >= 11 is 0. The van der Waals surface area contributed by atoms with E-state index in [9.17, 15) is 9.90 Å². The number of aliphatic carboxylic acids is 1. The van der Waals surface area contributed by atoms with Gasteiger partial charge in [-0.1, -0.05) is 89.1 Å². The summed E-state index contributed by atoms with van der Waals surface area (Å²) in [4.78, 5) is 12.0. The van der Waals surface area contributed by atoms with E-state index >= 15 is 0 Å². The van der Waals surface area contributed by atoms with Gasteiger partial charge in [-0.3, -0.25) is 4.79 Å². The van der Waals surface area contributed by atoms with E-state index in [0.717, 1.165) is 44.1 Å². The molecule has 21 heavy (non-hydrogen) atoms. The van der Waals surface area contributed by atoms with Crippen molar-refractivity contribution >= 4 is 5.97 Å². The molecule has 0 amide bonds. The molecule has 0 aliphatic rings. The van der Waals surface area contributed by atoms with Gasteiger partial charge < -0.3 is 5.11 Å². The van der Waals surface area contributed by atoms with Gasteiger partial charge in [-0.15, -0.1) is 0 Å². The molecule has 0 saturated carbocycles. The number of hydrogen-bond acceptors (Lipinski definition) is 1. The third-order valence-corrected chi connectivity index (χ3v) is 4.40. The number of carbonyl (C=O) groups is 1. The SMILES string of the molecule is CCCCCCCC(CCCC)(C(=O)O)c1ccccc1. The normalized spacial score (nSPS) is 13.8. The zero-order valence-electron chi connectivity index (χ0n) is 13.6. The van der Waals surface area contributed by atoms with Crippen LogP contribution in [0.4, 0.5) is 0 Å². The van der Waals surface area contributed by atoms with Gasteiger partial charge >= 0.3 is 5.97 Å². The van der Waals surface area contributed by atoms with E-state index < -0.39 is 11.4 Å². The summed E-state index contributed by atoms with van der Waals surface area (Å²) in [7, 11) is 0. The number of benzene rings is 1. The smallest absolute Gasteiger partial charge is 0.314 e. The second-order valence-electron chi connectivity index (χ2n) is 6.02. The molecule has 1 aromatic carbocycles. The molecule has 0 spiro atoms. The van der Waals surface area contributed by atoms with E-state index in [1.807, 2.05) is 30.3 Å². The quantitative estimate of drug-likeness (QED) is 0.542. The van der Waals surface area contributed by atoms with E-state index in [-0.39, 0.29) is 0 Å². The molecule has 2 heteroatoms. The first-order chi connectivity index (χ1) is 10.2. The van der Waals surface area contributed by atoms with Gasteiger partial charge in [0.05, 0.1) is 5.41 Å². The minimum atomic E-state index is -0.691. The highest BCUT2D eigenvalue weighted by molar-refractivity contribution is 5.81. The van der Waals surface area contributed by atoms with Crippen LogP contribution in [0.3, 0.4) is 0 Å². The minimum absolute atomic E-state index is 0.655. The molecule has 0 aliphatic heterocycles. The molecular weight excluding hydrogens is 260 g/mol. The molecule has 0 saturated heterocycles. The Morgan fingerprint density at radius 2 is 1.48 bits per heavy atom. The number of carboxylic acid groups (broad SMARTS) is 1. The molecule has 1 N–H and O–H groups in total. The average Bonchev–Trinajstić information content (AvgIpc) is 2.51. The predicted octanol–water partition coefficient (Wildman–Crippen LogP) is 5.56. The van der Waals surface area contributed by atoms with Crippen LogP contribution >= 0.6 is 0 Å². The summed E-state index contributed by atoms with van der Waals surface area (Å²) in [5.41, 5.74) is 0.283. The van der Waals surface area contributed by atoms with Crippen LogP contribution in [0, 0.1) is 0 Å². The van der Waals surface area contributed by atoms with Crippen molar-refractivity contribution in [2.24, 2.45) is 0 Å². The van der Waals surface area contributed by atoms with Crippen LogP contribution in [-0.4, -0.2) is 11.1 Å². The second-order valence-corrected chi connectivity index (χ2v) is 6.02. The van der Waals surface area contributed by atoms with Crippen LogP contribution in [0.25, 0.3) is 0 Å². The summed E-state index contributed by atoms with van der Waals surface area (Å²) in [6.45, 7) is 4.33. The predicted molar refractivity (Wildman–Crippen MR) is 88.7 cm³/mol. The molecule has 1 rings (SSSR count). The summed E-state index contributed by atoms with van der Waals surface area (Å²) < 4.78 is 0. The van der Waals surface area contributed by atoms with Crippen LogP contribution in [0.2, 0.25) is 0 Å². The van der Waals surface area contributed by atoms with E-state index in [1.54, 1.807) is 0 Å². The zero-order valence-corrected chi connectivity index (χ0v) is 13.6. The van der Waals surface area contributed by atoms with Gasteiger partial charge in [-0.2, -0.15) is 0 Å². The zero-order chi connectivity index (χ0) is 15.6. The average molecular weight is 290 g/mol. The van der Waals surface area contributed by atoms with Crippen molar-refractivity contribution in [2.45, 2.75) is 77.0 Å². The Labute approximate surface area is 129 Å². The summed E-state index contributed by atoms with van der Waals surface area (Å²) in [6.07, 6.45) is 9.35. The lowest BCUT2D eigenvalue weighted by Gasteiger charge is -2.30. The Bertz CT molecular complexity index is 399. The first-order valence-electron chi connectivity index (χ1n) is 8.46. The van der Waals surface area contributed by atoms with Crippen LogP contribution in [0.5, 0.6) is 0 Å². The Morgan fingerprint density at radius 3 is 2.05 bits per heavy atom. The van der Waals surface area contributed by atoms with Crippen molar-refractivity contribution in [1.29, 1.82) is 0 Å². The molecule has 1 atom stereocenters. The van der Waals surface area contributed by atoms with Crippen LogP contribution in [-0.2, 0) is 10.2 Å². The largest absolute Gasteiger partial charge is 0.481 e. The molecular formula is C19H30O2. The van der Waals surface area contributed by atoms with Crippen molar-refractivity contribution < 1.29 is 9.90 Å². The van der Waals surface area contributed by atoms with E-state index in [0.29, 0.717) is 0 Å². The third kappa shape index (κ3) is 5.18. The highest BCUT2D eigenvalue weighted by Crippen LogP contribution is 2.36. The topological polar surface area (TPSA) is 37.3 Å². The molecule has 0 radical (unpaired) electrons. The molecule has 1 unspecified atom stereocenters. The molecule has 0 heterocycles. The highest BCUT2D eigenvalue weighted by Gasteiger charge is 2.38. The third-order valence-electron chi connectivity index (χ3n) is 4.40. The number of rotatable bonds is 11. The monoisotopic (exact) mass is 290 g/mol. The molecule has 1 aromatic rings. The first kappa shape index (κ1) is 17.7.